The molecule has 26 heavy (non-hydrogen) atoms. The molecule has 1 aliphatic rings. The predicted molar refractivity (Wildman–Crippen MR) is 115 cm³/mol. The molecule has 1 fully saturated rings. The molecule has 1 saturated heterocycles. The average molecular weight is 376 g/mol. The Balaban J connectivity index is 1.53. The highest BCUT2D eigenvalue weighted by Gasteiger charge is 2.17. The van der Waals surface area contributed by atoms with E-state index in [0.29, 0.717) is 12.5 Å². The van der Waals surface area contributed by atoms with Crippen molar-refractivity contribution in [2.24, 2.45) is 5.92 Å². The van der Waals surface area contributed by atoms with Crippen LogP contribution < -0.4 is 0 Å². The summed E-state index contributed by atoms with van der Waals surface area (Å²) in [6, 6.07) is 2.23. The summed E-state index contributed by atoms with van der Waals surface area (Å²) in [5.41, 5.74) is 4.53. The summed E-state index contributed by atoms with van der Waals surface area (Å²) in [6.07, 6.45) is 14.4. The molecule has 146 valence electrons. The maximum Gasteiger partial charge on any atom is 0.0460 e. The molecule has 1 N–H and O–H groups in total. The fourth-order valence-electron chi connectivity index (χ4n) is 3.64. The summed E-state index contributed by atoms with van der Waals surface area (Å²) in [4.78, 5) is 2.57. The van der Waals surface area contributed by atoms with E-state index >= 15 is 0 Å². The largest absolute Gasteiger partial charge is 0.396 e. The standard InChI is InChI=1S/C23H37NOS/c1-20(8-4-10-23-13-17-26-19-23)6-3-7-21(2)9-5-14-24-15-11-22(18-25)12-16-24/h7-8,13,17,19,22,25H,3-6,9-12,14-16,18H2,1-2H3/b20-8+,21-7+. The molecule has 0 unspecified atom stereocenters. The Morgan fingerprint density at radius 2 is 1.88 bits per heavy atom. The van der Waals surface area contributed by atoms with Crippen LogP contribution in [0.2, 0.25) is 0 Å². The molecule has 0 bridgehead atoms. The zero-order valence-corrected chi connectivity index (χ0v) is 17.6. The molecule has 0 atom stereocenters. The van der Waals surface area contributed by atoms with Gasteiger partial charge < -0.3 is 10.0 Å². The van der Waals surface area contributed by atoms with Crippen LogP contribution in [0.5, 0.6) is 0 Å². The van der Waals surface area contributed by atoms with Gasteiger partial charge in [-0.3, -0.25) is 0 Å². The van der Waals surface area contributed by atoms with E-state index < -0.39 is 0 Å². The van der Waals surface area contributed by atoms with Crippen LogP contribution in [-0.2, 0) is 6.42 Å². The van der Waals surface area contributed by atoms with Crippen LogP contribution in [-0.4, -0.2) is 36.2 Å². The number of hydrogen-bond donors (Lipinski definition) is 1. The molecule has 2 rings (SSSR count). The van der Waals surface area contributed by atoms with Gasteiger partial charge in [0.05, 0.1) is 0 Å². The number of nitrogens with zero attached hydrogens (tertiary/aromatic N) is 1. The Morgan fingerprint density at radius 1 is 1.15 bits per heavy atom. The molecule has 0 aromatic carbocycles. The van der Waals surface area contributed by atoms with Crippen LogP contribution in [0.1, 0.15) is 64.4 Å². The highest BCUT2D eigenvalue weighted by molar-refractivity contribution is 7.07. The summed E-state index contributed by atoms with van der Waals surface area (Å²) in [6.45, 7) is 8.48. The van der Waals surface area contributed by atoms with Crippen molar-refractivity contribution in [3.8, 4) is 0 Å². The van der Waals surface area contributed by atoms with E-state index in [0.717, 1.165) is 6.42 Å². The van der Waals surface area contributed by atoms with Crippen LogP contribution in [0, 0.1) is 5.92 Å². The Bertz CT molecular complexity index is 539. The zero-order chi connectivity index (χ0) is 18.6. The lowest BCUT2D eigenvalue weighted by Gasteiger charge is -2.31. The predicted octanol–water partition coefficient (Wildman–Crippen LogP) is 5.84. The summed E-state index contributed by atoms with van der Waals surface area (Å²) in [5, 5.41) is 13.6. The molecule has 0 amide bonds. The van der Waals surface area contributed by atoms with E-state index in [1.165, 1.54) is 75.7 Å². The van der Waals surface area contributed by atoms with Gasteiger partial charge >= 0.3 is 0 Å². The van der Waals surface area contributed by atoms with Crippen LogP contribution in [0.15, 0.2) is 40.1 Å². The zero-order valence-electron chi connectivity index (χ0n) is 16.8. The number of aliphatic hydroxyl groups is 1. The Labute approximate surface area is 164 Å². The Kier molecular flexibility index (Phi) is 10.3. The lowest BCUT2D eigenvalue weighted by molar-refractivity contribution is 0.131. The minimum absolute atomic E-state index is 0.373. The molecule has 0 aliphatic carbocycles. The maximum atomic E-state index is 9.21. The van der Waals surface area contributed by atoms with Crippen molar-refractivity contribution < 1.29 is 5.11 Å². The van der Waals surface area contributed by atoms with Crippen molar-refractivity contribution in [3.63, 3.8) is 0 Å². The lowest BCUT2D eigenvalue weighted by Crippen LogP contribution is -2.35. The van der Waals surface area contributed by atoms with Crippen molar-refractivity contribution in [2.45, 2.75) is 65.2 Å². The molecule has 0 spiro atoms. The summed E-state index contributed by atoms with van der Waals surface area (Å²) < 4.78 is 0. The van der Waals surface area contributed by atoms with Gasteiger partial charge in [0.2, 0.25) is 0 Å². The quantitative estimate of drug-likeness (QED) is 0.491. The Morgan fingerprint density at radius 3 is 2.58 bits per heavy atom. The third-order valence-corrected chi connectivity index (χ3v) is 6.28. The van der Waals surface area contributed by atoms with E-state index in [4.69, 9.17) is 0 Å². The molecule has 0 radical (unpaired) electrons. The van der Waals surface area contributed by atoms with Gasteiger partial charge in [0.1, 0.15) is 0 Å². The molecule has 1 aliphatic heterocycles. The monoisotopic (exact) mass is 375 g/mol. The topological polar surface area (TPSA) is 23.5 Å². The molecule has 0 saturated carbocycles. The highest BCUT2D eigenvalue weighted by Crippen LogP contribution is 2.18. The van der Waals surface area contributed by atoms with Gasteiger partial charge in [0, 0.05) is 6.61 Å². The van der Waals surface area contributed by atoms with Crippen molar-refractivity contribution >= 4 is 11.3 Å². The first-order valence-corrected chi connectivity index (χ1v) is 11.3. The van der Waals surface area contributed by atoms with E-state index in [9.17, 15) is 5.11 Å². The van der Waals surface area contributed by atoms with Gasteiger partial charge in [-0.25, -0.2) is 0 Å². The number of likely N-dealkylation sites (tertiary alicyclic amines) is 1. The molecule has 2 heterocycles. The first kappa shape index (κ1) is 21.4. The SMILES string of the molecule is C/C(=C\CCc1ccsc1)CC/C=C(\C)CCCN1CCC(CO)CC1. The molecule has 1 aromatic rings. The lowest BCUT2D eigenvalue weighted by atomic mass is 9.97. The van der Waals surface area contributed by atoms with Crippen molar-refractivity contribution in [3.05, 3.63) is 45.7 Å². The van der Waals surface area contributed by atoms with Crippen LogP contribution in [0.4, 0.5) is 0 Å². The minimum Gasteiger partial charge on any atom is -0.396 e. The molecule has 2 nitrogen and oxygen atoms in total. The number of hydrogen-bond acceptors (Lipinski definition) is 3. The van der Waals surface area contributed by atoms with Gasteiger partial charge in [-0.2, -0.15) is 11.3 Å². The summed E-state index contributed by atoms with van der Waals surface area (Å²) >= 11 is 1.79. The molecular formula is C23H37NOS. The van der Waals surface area contributed by atoms with Crippen LogP contribution in [0.25, 0.3) is 0 Å². The number of aliphatic hydroxyl groups excluding tert-OH is 1. The molecule has 3 heteroatoms. The fraction of sp³-hybridized carbons (Fsp3) is 0.652. The first-order chi connectivity index (χ1) is 12.7. The number of allylic oxidation sites excluding steroid dienone is 4. The van der Waals surface area contributed by atoms with Gasteiger partial charge in [0.25, 0.3) is 0 Å². The smallest absolute Gasteiger partial charge is 0.0460 e. The van der Waals surface area contributed by atoms with E-state index in [-0.39, 0.29) is 0 Å². The van der Waals surface area contributed by atoms with Gasteiger partial charge in [0.15, 0.2) is 0 Å². The summed E-state index contributed by atoms with van der Waals surface area (Å²) in [5.74, 6) is 0.550. The van der Waals surface area contributed by atoms with Crippen LogP contribution in [0.3, 0.4) is 0 Å². The number of thiophene rings is 1. The second-order valence-corrected chi connectivity index (χ2v) is 8.66. The maximum absolute atomic E-state index is 9.21. The van der Waals surface area contributed by atoms with Gasteiger partial charge in [-0.1, -0.05) is 23.3 Å². The van der Waals surface area contributed by atoms with Crippen LogP contribution >= 0.6 is 11.3 Å². The minimum atomic E-state index is 0.373. The second kappa shape index (κ2) is 12.5. The second-order valence-electron chi connectivity index (χ2n) is 7.88. The fourth-order valence-corrected chi connectivity index (χ4v) is 4.35. The summed E-state index contributed by atoms with van der Waals surface area (Å²) in [7, 11) is 0. The molecular weight excluding hydrogens is 338 g/mol. The first-order valence-electron chi connectivity index (χ1n) is 10.3. The average Bonchev–Trinajstić information content (AvgIpc) is 3.16. The number of piperidine rings is 1. The molecule has 1 aromatic heterocycles. The van der Waals surface area contributed by atoms with Gasteiger partial charge in [-0.05, 0) is 113 Å². The number of rotatable bonds is 11. The van der Waals surface area contributed by atoms with Gasteiger partial charge in [-0.15, -0.1) is 0 Å². The van der Waals surface area contributed by atoms with Crippen molar-refractivity contribution in [1.29, 1.82) is 0 Å². The van der Waals surface area contributed by atoms with E-state index in [2.05, 4.69) is 47.7 Å². The highest BCUT2D eigenvalue weighted by atomic mass is 32.1. The van der Waals surface area contributed by atoms with E-state index in [1.807, 2.05) is 0 Å². The van der Waals surface area contributed by atoms with E-state index in [1.54, 1.807) is 16.9 Å². The number of aryl methyl sites for hydroxylation is 1. The normalized spacial score (nSPS) is 17.8. The third kappa shape index (κ3) is 8.66. The van der Waals surface area contributed by atoms with Crippen molar-refractivity contribution in [1.82, 2.24) is 4.90 Å². The van der Waals surface area contributed by atoms with Crippen molar-refractivity contribution in [2.75, 3.05) is 26.2 Å². The third-order valence-electron chi connectivity index (χ3n) is 5.55. The Hall–Kier alpha value is -0.900.